The van der Waals surface area contributed by atoms with Crippen molar-refractivity contribution in [3.63, 3.8) is 0 Å². The van der Waals surface area contributed by atoms with Gasteiger partial charge in [-0.1, -0.05) is 0 Å². The first-order valence-electron chi connectivity index (χ1n) is 5.06. The number of carbonyl (C=O) groups excluding carboxylic acids is 1. The molecule has 0 N–H and O–H groups in total. The molecule has 1 atom stereocenters. The van der Waals surface area contributed by atoms with Gasteiger partial charge in [-0.2, -0.15) is 0 Å². The quantitative estimate of drug-likeness (QED) is 0.581. The standard InChI is InChI=1S/C11H11NO4/c1-14-11(13)9-4-10-8(2-3-15-10)12(9)5-7-6-16-7/h2-4,7H,5-6H2,1H3. The number of esters is 1. The van der Waals surface area contributed by atoms with Crippen LogP contribution in [-0.2, 0) is 16.0 Å². The van der Waals surface area contributed by atoms with Crippen LogP contribution < -0.4 is 0 Å². The number of ether oxygens (including phenoxy) is 2. The van der Waals surface area contributed by atoms with Crippen LogP contribution in [0.3, 0.4) is 0 Å². The van der Waals surface area contributed by atoms with E-state index < -0.39 is 0 Å². The van der Waals surface area contributed by atoms with Crippen molar-refractivity contribution in [3.8, 4) is 0 Å². The third kappa shape index (κ3) is 1.40. The van der Waals surface area contributed by atoms with Gasteiger partial charge in [0.2, 0.25) is 0 Å². The van der Waals surface area contributed by atoms with Crippen molar-refractivity contribution >= 4 is 17.1 Å². The van der Waals surface area contributed by atoms with Gasteiger partial charge < -0.3 is 18.5 Å². The molecule has 3 rings (SSSR count). The fourth-order valence-electron chi connectivity index (χ4n) is 1.82. The molecule has 0 aromatic carbocycles. The minimum absolute atomic E-state index is 0.203. The topological polar surface area (TPSA) is 56.9 Å². The second kappa shape index (κ2) is 3.38. The molecule has 1 aliphatic rings. The van der Waals surface area contributed by atoms with Crippen LogP contribution in [-0.4, -0.2) is 30.4 Å². The zero-order valence-corrected chi connectivity index (χ0v) is 8.80. The summed E-state index contributed by atoms with van der Waals surface area (Å²) in [7, 11) is 1.37. The van der Waals surface area contributed by atoms with Crippen LogP contribution in [0.4, 0.5) is 0 Å². The van der Waals surface area contributed by atoms with Crippen LogP contribution >= 0.6 is 0 Å². The summed E-state index contributed by atoms with van der Waals surface area (Å²) in [5.74, 6) is -0.355. The van der Waals surface area contributed by atoms with Crippen LogP contribution in [0.15, 0.2) is 22.8 Å². The molecule has 0 radical (unpaired) electrons. The largest absolute Gasteiger partial charge is 0.464 e. The molecule has 1 fully saturated rings. The monoisotopic (exact) mass is 221 g/mol. The highest BCUT2D eigenvalue weighted by molar-refractivity contribution is 5.93. The molecule has 3 heterocycles. The van der Waals surface area contributed by atoms with Crippen LogP contribution in [0, 0.1) is 0 Å². The van der Waals surface area contributed by atoms with Crippen molar-refractivity contribution in [3.05, 3.63) is 24.1 Å². The minimum atomic E-state index is -0.355. The van der Waals surface area contributed by atoms with E-state index in [1.807, 2.05) is 10.6 Å². The van der Waals surface area contributed by atoms with Crippen molar-refractivity contribution in [1.82, 2.24) is 4.57 Å². The number of epoxide rings is 1. The molecule has 5 heteroatoms. The number of aromatic nitrogens is 1. The zero-order chi connectivity index (χ0) is 11.1. The Morgan fingerprint density at radius 2 is 2.50 bits per heavy atom. The molecule has 1 saturated heterocycles. The third-order valence-electron chi connectivity index (χ3n) is 2.71. The molecular formula is C11H11NO4. The summed E-state index contributed by atoms with van der Waals surface area (Å²) < 4.78 is 17.1. The maximum atomic E-state index is 11.6. The van der Waals surface area contributed by atoms with Gasteiger partial charge in [-0.25, -0.2) is 4.79 Å². The smallest absolute Gasteiger partial charge is 0.354 e. The highest BCUT2D eigenvalue weighted by Crippen LogP contribution is 2.24. The first kappa shape index (κ1) is 9.47. The minimum Gasteiger partial charge on any atom is -0.464 e. The number of furan rings is 1. The molecule has 0 bridgehead atoms. The summed E-state index contributed by atoms with van der Waals surface area (Å²) in [4.78, 5) is 11.6. The lowest BCUT2D eigenvalue weighted by atomic mass is 10.4. The van der Waals surface area contributed by atoms with Crippen molar-refractivity contribution in [1.29, 1.82) is 0 Å². The van der Waals surface area contributed by atoms with Crippen molar-refractivity contribution < 1.29 is 18.7 Å². The Morgan fingerprint density at radius 1 is 1.69 bits per heavy atom. The fourth-order valence-corrected chi connectivity index (χ4v) is 1.82. The van der Waals surface area contributed by atoms with E-state index in [1.54, 1.807) is 12.3 Å². The van der Waals surface area contributed by atoms with Gasteiger partial charge in [0.1, 0.15) is 5.69 Å². The van der Waals surface area contributed by atoms with E-state index in [4.69, 9.17) is 13.9 Å². The number of nitrogens with zero attached hydrogens (tertiary/aromatic N) is 1. The number of methoxy groups -OCH3 is 1. The molecule has 1 unspecified atom stereocenters. The van der Waals surface area contributed by atoms with E-state index in [0.717, 1.165) is 12.1 Å². The Morgan fingerprint density at radius 3 is 3.19 bits per heavy atom. The normalized spacial score (nSPS) is 18.9. The lowest BCUT2D eigenvalue weighted by Crippen LogP contribution is -2.13. The number of rotatable bonds is 3. The number of hydrogen-bond acceptors (Lipinski definition) is 4. The highest BCUT2D eigenvalue weighted by atomic mass is 16.6. The lowest BCUT2D eigenvalue weighted by molar-refractivity contribution is 0.0588. The molecule has 0 spiro atoms. The maximum absolute atomic E-state index is 11.6. The van der Waals surface area contributed by atoms with Crippen LogP contribution in [0.5, 0.6) is 0 Å². The predicted octanol–water partition coefficient (Wildman–Crippen LogP) is 1.42. The predicted molar refractivity (Wildman–Crippen MR) is 55.3 cm³/mol. The Balaban J connectivity index is 2.09. The molecule has 16 heavy (non-hydrogen) atoms. The summed E-state index contributed by atoms with van der Waals surface area (Å²) in [6.45, 7) is 1.41. The summed E-state index contributed by atoms with van der Waals surface area (Å²) in [5.41, 5.74) is 2.10. The van der Waals surface area contributed by atoms with Gasteiger partial charge >= 0.3 is 5.97 Å². The second-order valence-electron chi connectivity index (χ2n) is 3.76. The van der Waals surface area contributed by atoms with E-state index in [-0.39, 0.29) is 12.1 Å². The van der Waals surface area contributed by atoms with Gasteiger partial charge in [0.25, 0.3) is 0 Å². The first-order valence-corrected chi connectivity index (χ1v) is 5.06. The average molecular weight is 221 g/mol. The summed E-state index contributed by atoms with van der Waals surface area (Å²) in [6, 6.07) is 3.54. The van der Waals surface area contributed by atoms with Gasteiger partial charge in [-0.3, -0.25) is 0 Å². The number of fused-ring (bicyclic) bond motifs is 1. The average Bonchev–Trinajstić information content (AvgIpc) is 2.87. The van der Waals surface area contributed by atoms with Gasteiger partial charge in [0.05, 0.1) is 38.1 Å². The molecular weight excluding hydrogens is 210 g/mol. The molecule has 0 aliphatic carbocycles. The Labute approximate surface area is 91.5 Å². The highest BCUT2D eigenvalue weighted by Gasteiger charge is 2.27. The fraction of sp³-hybridized carbons (Fsp3) is 0.364. The van der Waals surface area contributed by atoms with E-state index in [0.29, 0.717) is 17.8 Å². The lowest BCUT2D eigenvalue weighted by Gasteiger charge is -2.05. The second-order valence-corrected chi connectivity index (χ2v) is 3.76. The molecule has 1 aliphatic heterocycles. The Bertz CT molecular complexity index is 535. The summed E-state index contributed by atoms with van der Waals surface area (Å²) >= 11 is 0. The Hall–Kier alpha value is -1.75. The maximum Gasteiger partial charge on any atom is 0.354 e. The van der Waals surface area contributed by atoms with Crippen molar-refractivity contribution in [2.45, 2.75) is 12.6 Å². The van der Waals surface area contributed by atoms with Gasteiger partial charge in [0, 0.05) is 12.1 Å². The Kier molecular flexibility index (Phi) is 2.00. The molecule has 5 nitrogen and oxygen atoms in total. The van der Waals surface area contributed by atoms with Gasteiger partial charge in [0.15, 0.2) is 5.58 Å². The van der Waals surface area contributed by atoms with E-state index >= 15 is 0 Å². The molecule has 2 aromatic rings. The van der Waals surface area contributed by atoms with Gasteiger partial charge in [-0.05, 0) is 0 Å². The molecule has 84 valence electrons. The SMILES string of the molecule is COC(=O)c1cc2occc2n1CC1CO1. The molecule has 0 amide bonds. The van der Waals surface area contributed by atoms with Crippen LogP contribution in [0.2, 0.25) is 0 Å². The first-order chi connectivity index (χ1) is 7.79. The number of carbonyl (C=O) groups is 1. The van der Waals surface area contributed by atoms with E-state index in [9.17, 15) is 4.79 Å². The summed E-state index contributed by atoms with van der Waals surface area (Å²) in [6.07, 6.45) is 1.81. The zero-order valence-electron chi connectivity index (χ0n) is 8.80. The van der Waals surface area contributed by atoms with E-state index in [1.165, 1.54) is 7.11 Å². The van der Waals surface area contributed by atoms with Crippen molar-refractivity contribution in [2.75, 3.05) is 13.7 Å². The number of hydrogen-bond donors (Lipinski definition) is 0. The van der Waals surface area contributed by atoms with Crippen LogP contribution in [0.1, 0.15) is 10.5 Å². The third-order valence-corrected chi connectivity index (χ3v) is 2.71. The van der Waals surface area contributed by atoms with Crippen LogP contribution in [0.25, 0.3) is 11.1 Å². The molecule has 0 saturated carbocycles. The van der Waals surface area contributed by atoms with Gasteiger partial charge in [-0.15, -0.1) is 0 Å². The van der Waals surface area contributed by atoms with Crippen molar-refractivity contribution in [2.24, 2.45) is 0 Å². The summed E-state index contributed by atoms with van der Waals surface area (Å²) in [5, 5.41) is 0. The molecule has 2 aromatic heterocycles. The van der Waals surface area contributed by atoms with E-state index in [2.05, 4.69) is 0 Å².